The van der Waals surface area contributed by atoms with Crippen molar-refractivity contribution >= 4 is 27.8 Å². The van der Waals surface area contributed by atoms with Gasteiger partial charge in [-0.05, 0) is 45.9 Å². The maximum atomic E-state index is 15.5. The van der Waals surface area contributed by atoms with E-state index in [-0.39, 0.29) is 11.7 Å². The van der Waals surface area contributed by atoms with Crippen molar-refractivity contribution in [3.05, 3.63) is 58.8 Å². The van der Waals surface area contributed by atoms with E-state index in [1.54, 1.807) is 67.3 Å². The first kappa shape index (κ1) is 24.3. The molecule has 37 heavy (non-hydrogen) atoms. The average molecular weight is 501 g/mol. The molecule has 0 aliphatic carbocycles. The third kappa shape index (κ3) is 3.78. The molecule has 0 fully saturated rings. The van der Waals surface area contributed by atoms with Gasteiger partial charge in [-0.25, -0.2) is 14.2 Å². The summed E-state index contributed by atoms with van der Waals surface area (Å²) in [7, 11) is 5.24. The number of hydrogen-bond donors (Lipinski definition) is 1. The van der Waals surface area contributed by atoms with Crippen LogP contribution in [0.25, 0.3) is 38.9 Å². The maximum absolute atomic E-state index is 15.5. The van der Waals surface area contributed by atoms with E-state index in [4.69, 9.17) is 4.98 Å². The topological polar surface area (TPSA) is 98.4 Å². The molecular weight excluding hydrogens is 471 g/mol. The van der Waals surface area contributed by atoms with Gasteiger partial charge in [-0.3, -0.25) is 18.4 Å². The summed E-state index contributed by atoms with van der Waals surface area (Å²) in [4.78, 5) is 17.6. The van der Waals surface area contributed by atoms with Gasteiger partial charge in [0.05, 0.1) is 45.7 Å². The van der Waals surface area contributed by atoms with Crippen molar-refractivity contribution in [2.45, 2.75) is 39.2 Å². The minimum absolute atomic E-state index is 0.0998. The number of hydrogen-bond acceptors (Lipinski definition) is 5. The quantitative estimate of drug-likeness (QED) is 0.386. The van der Waals surface area contributed by atoms with Crippen LogP contribution in [0.3, 0.4) is 0 Å². The summed E-state index contributed by atoms with van der Waals surface area (Å²) in [6.45, 7) is 7.61. The van der Waals surface area contributed by atoms with Gasteiger partial charge < -0.3 is 5.32 Å². The van der Waals surface area contributed by atoms with Crippen LogP contribution < -0.4 is 11.0 Å². The van der Waals surface area contributed by atoms with Crippen molar-refractivity contribution in [2.75, 3.05) is 5.32 Å². The van der Waals surface area contributed by atoms with Crippen LogP contribution in [0.4, 0.5) is 10.1 Å². The zero-order valence-corrected chi connectivity index (χ0v) is 22.0. The second kappa shape index (κ2) is 8.34. The molecule has 5 rings (SSSR count). The molecule has 10 heteroatoms. The number of nitriles is 1. The lowest BCUT2D eigenvalue weighted by molar-refractivity contribution is 0.619. The molecular formula is C27H29FN8O. The summed E-state index contributed by atoms with van der Waals surface area (Å²) in [6, 6.07) is 9.39. The van der Waals surface area contributed by atoms with Crippen LogP contribution >= 0.6 is 0 Å². The fourth-order valence-electron chi connectivity index (χ4n) is 4.80. The molecule has 9 nitrogen and oxygen atoms in total. The molecule has 190 valence electrons. The zero-order chi connectivity index (χ0) is 26.8. The van der Waals surface area contributed by atoms with Crippen molar-refractivity contribution in [3.63, 3.8) is 0 Å². The standard InChI is InChI=1S/C27H29FN8O/c1-15(2)31-21-8-17(9-23-24(21)35(7)26(37)34(23)6)36-22-11-19(28)18(16-12-30-33(5)13-16)10-20(22)32-25(36)27(3,4)14-29/h8-13,15,31H,1-7H3. The van der Waals surface area contributed by atoms with E-state index in [2.05, 4.69) is 16.5 Å². The molecule has 3 aromatic heterocycles. The number of nitrogens with zero attached hydrogens (tertiary/aromatic N) is 7. The second-order valence-electron chi connectivity index (χ2n) is 10.3. The Kier molecular flexibility index (Phi) is 5.48. The molecule has 0 amide bonds. The van der Waals surface area contributed by atoms with Crippen LogP contribution in [-0.4, -0.2) is 34.5 Å². The summed E-state index contributed by atoms with van der Waals surface area (Å²) < 4.78 is 22.1. The maximum Gasteiger partial charge on any atom is 0.328 e. The fraction of sp³-hybridized carbons (Fsp3) is 0.333. The van der Waals surface area contributed by atoms with Crippen molar-refractivity contribution in [3.8, 4) is 22.9 Å². The summed E-state index contributed by atoms with van der Waals surface area (Å²) in [5.74, 6) is 0.0557. The van der Waals surface area contributed by atoms with E-state index in [9.17, 15) is 10.1 Å². The summed E-state index contributed by atoms with van der Waals surface area (Å²) >= 11 is 0. The normalized spacial score (nSPS) is 12.1. The van der Waals surface area contributed by atoms with Gasteiger partial charge in [-0.15, -0.1) is 0 Å². The smallest absolute Gasteiger partial charge is 0.328 e. The lowest BCUT2D eigenvalue weighted by Crippen LogP contribution is -2.20. The molecule has 0 saturated carbocycles. The molecule has 0 aliphatic rings. The van der Waals surface area contributed by atoms with E-state index < -0.39 is 11.2 Å². The number of anilines is 1. The van der Waals surface area contributed by atoms with Crippen LogP contribution in [0.15, 0.2) is 41.5 Å². The Balaban J connectivity index is 1.87. The van der Waals surface area contributed by atoms with Gasteiger partial charge in [0.15, 0.2) is 0 Å². The third-order valence-electron chi connectivity index (χ3n) is 6.65. The van der Waals surface area contributed by atoms with Crippen LogP contribution in [0.5, 0.6) is 0 Å². The highest BCUT2D eigenvalue weighted by atomic mass is 19.1. The highest BCUT2D eigenvalue weighted by Crippen LogP contribution is 2.36. The molecule has 0 radical (unpaired) electrons. The van der Waals surface area contributed by atoms with Crippen molar-refractivity contribution in [1.82, 2.24) is 28.5 Å². The number of nitrogens with one attached hydrogen (secondary N) is 1. The van der Waals surface area contributed by atoms with Crippen molar-refractivity contribution in [2.24, 2.45) is 21.1 Å². The molecule has 0 aliphatic heterocycles. The van der Waals surface area contributed by atoms with E-state index in [0.717, 1.165) is 11.2 Å². The fourth-order valence-corrected chi connectivity index (χ4v) is 4.80. The van der Waals surface area contributed by atoms with Gasteiger partial charge >= 0.3 is 5.69 Å². The van der Waals surface area contributed by atoms with E-state index >= 15 is 4.39 Å². The van der Waals surface area contributed by atoms with Gasteiger partial charge in [0.1, 0.15) is 17.1 Å². The van der Waals surface area contributed by atoms with E-state index in [1.807, 2.05) is 30.5 Å². The van der Waals surface area contributed by atoms with Gasteiger partial charge in [-0.2, -0.15) is 10.4 Å². The molecule has 3 heterocycles. The summed E-state index contributed by atoms with van der Waals surface area (Å²) in [6.07, 6.45) is 3.35. The Morgan fingerprint density at radius 2 is 1.81 bits per heavy atom. The monoisotopic (exact) mass is 500 g/mol. The van der Waals surface area contributed by atoms with E-state index in [0.29, 0.717) is 39.2 Å². The number of aryl methyl sites for hydroxylation is 3. The highest BCUT2D eigenvalue weighted by molar-refractivity contribution is 5.93. The lowest BCUT2D eigenvalue weighted by Gasteiger charge is -2.20. The Morgan fingerprint density at radius 3 is 2.43 bits per heavy atom. The second-order valence-corrected chi connectivity index (χ2v) is 10.3. The largest absolute Gasteiger partial charge is 0.381 e. The summed E-state index contributed by atoms with van der Waals surface area (Å²) in [5.41, 5.74) is 3.88. The van der Waals surface area contributed by atoms with Gasteiger partial charge in [0.2, 0.25) is 0 Å². The van der Waals surface area contributed by atoms with Gasteiger partial charge in [0.25, 0.3) is 0 Å². The molecule has 0 atom stereocenters. The molecule has 0 bridgehead atoms. The number of benzene rings is 2. The highest BCUT2D eigenvalue weighted by Gasteiger charge is 2.30. The lowest BCUT2D eigenvalue weighted by atomic mass is 9.94. The Labute approximate surface area is 213 Å². The molecule has 0 saturated heterocycles. The van der Waals surface area contributed by atoms with Gasteiger partial charge in [0, 0.05) is 50.6 Å². The molecule has 1 N–H and O–H groups in total. The number of aromatic nitrogens is 6. The van der Waals surface area contributed by atoms with Crippen molar-refractivity contribution in [1.29, 1.82) is 5.26 Å². The molecule has 0 spiro atoms. The zero-order valence-electron chi connectivity index (χ0n) is 22.0. The first-order valence-electron chi connectivity index (χ1n) is 12.0. The first-order valence-corrected chi connectivity index (χ1v) is 12.0. The minimum atomic E-state index is -0.979. The molecule has 2 aromatic carbocycles. The van der Waals surface area contributed by atoms with Crippen LogP contribution in [0.2, 0.25) is 0 Å². The Morgan fingerprint density at radius 1 is 1.08 bits per heavy atom. The first-order chi connectivity index (χ1) is 17.4. The predicted octanol–water partition coefficient (Wildman–Crippen LogP) is 4.38. The Hall–Kier alpha value is -4.39. The SMILES string of the molecule is CC(C)Nc1cc(-n2c(C(C)(C)C#N)nc3cc(-c4cnn(C)c4)c(F)cc32)cc2c1n(C)c(=O)n2C. The van der Waals surface area contributed by atoms with Crippen LogP contribution in [0.1, 0.15) is 33.5 Å². The molecule has 0 unspecified atom stereocenters. The third-order valence-corrected chi connectivity index (χ3v) is 6.65. The van der Waals surface area contributed by atoms with Crippen LogP contribution in [-0.2, 0) is 26.6 Å². The number of imidazole rings is 2. The minimum Gasteiger partial charge on any atom is -0.381 e. The predicted molar refractivity (Wildman–Crippen MR) is 142 cm³/mol. The number of fused-ring (bicyclic) bond motifs is 2. The van der Waals surface area contributed by atoms with Crippen molar-refractivity contribution < 1.29 is 4.39 Å². The molecule has 5 aromatic rings. The Bertz CT molecular complexity index is 1790. The van der Waals surface area contributed by atoms with Crippen LogP contribution in [0, 0.1) is 17.1 Å². The number of halogens is 1. The number of rotatable bonds is 5. The van der Waals surface area contributed by atoms with Gasteiger partial charge in [-0.1, -0.05) is 0 Å². The van der Waals surface area contributed by atoms with E-state index in [1.165, 1.54) is 6.07 Å². The average Bonchev–Trinajstić information content (AvgIpc) is 3.50. The summed E-state index contributed by atoms with van der Waals surface area (Å²) in [5, 5.41) is 17.6.